The third-order valence-electron chi connectivity index (χ3n) is 4.74. The van der Waals surface area contributed by atoms with Gasteiger partial charge in [0.2, 0.25) is 0 Å². The van der Waals surface area contributed by atoms with Crippen LogP contribution < -0.4 is 5.32 Å². The van der Waals surface area contributed by atoms with Crippen molar-refractivity contribution in [2.45, 2.75) is 38.5 Å². The van der Waals surface area contributed by atoms with Gasteiger partial charge in [-0.25, -0.2) is 0 Å². The molecule has 1 aliphatic rings. The molecule has 0 spiro atoms. The van der Waals surface area contributed by atoms with E-state index in [1.54, 1.807) is 0 Å². The summed E-state index contributed by atoms with van der Waals surface area (Å²) in [4.78, 5) is 0. The number of nitrogens with one attached hydrogen (secondary N) is 1. The average Bonchev–Trinajstić information content (AvgIpc) is 2.75. The zero-order chi connectivity index (χ0) is 15.9. The maximum absolute atomic E-state index is 3.57. The van der Waals surface area contributed by atoms with Crippen LogP contribution in [0.1, 0.15) is 60.8 Å². The normalized spacial score (nSPS) is 13.4. The Morgan fingerprint density at radius 3 is 1.96 bits per heavy atom. The average molecular weight is 305 g/mol. The molecule has 2 aromatic rings. The van der Waals surface area contributed by atoms with Crippen LogP contribution in [0.25, 0.3) is 12.2 Å². The van der Waals surface area contributed by atoms with Gasteiger partial charge in [-0.3, -0.25) is 0 Å². The van der Waals surface area contributed by atoms with Crippen molar-refractivity contribution in [2.75, 3.05) is 13.1 Å². The van der Waals surface area contributed by atoms with E-state index in [2.05, 4.69) is 72.9 Å². The Balaban J connectivity index is 1.76. The third kappa shape index (κ3) is 3.92. The van der Waals surface area contributed by atoms with E-state index in [1.807, 2.05) is 0 Å². The second-order valence-corrected chi connectivity index (χ2v) is 6.39. The molecule has 0 radical (unpaired) electrons. The summed E-state index contributed by atoms with van der Waals surface area (Å²) >= 11 is 0. The summed E-state index contributed by atoms with van der Waals surface area (Å²) in [6.07, 6.45) is 9.51. The lowest BCUT2D eigenvalue weighted by Crippen LogP contribution is -2.17. The van der Waals surface area contributed by atoms with Crippen molar-refractivity contribution in [3.05, 3.63) is 70.8 Å². The first-order chi connectivity index (χ1) is 11.4. The first-order valence-electron chi connectivity index (χ1n) is 8.97. The van der Waals surface area contributed by atoms with Crippen LogP contribution in [0.5, 0.6) is 0 Å². The molecule has 0 unspecified atom stereocenters. The summed E-state index contributed by atoms with van der Waals surface area (Å²) < 4.78 is 0. The molecule has 1 N–H and O–H groups in total. The second-order valence-electron chi connectivity index (χ2n) is 6.39. The highest BCUT2D eigenvalue weighted by atomic mass is 14.8. The van der Waals surface area contributed by atoms with Gasteiger partial charge in [0.15, 0.2) is 0 Å². The number of hydrogen-bond acceptors (Lipinski definition) is 1. The number of rotatable bonds is 7. The summed E-state index contributed by atoms with van der Waals surface area (Å²) in [5.41, 5.74) is 5.69. The molecule has 0 saturated carbocycles. The summed E-state index contributed by atoms with van der Waals surface area (Å²) in [5.74, 6) is 0.505. The van der Waals surface area contributed by atoms with Crippen molar-refractivity contribution < 1.29 is 0 Å². The molecule has 0 bridgehead atoms. The molecular formula is C22H27N. The molecule has 1 heteroatoms. The summed E-state index contributed by atoms with van der Waals surface area (Å²) in [5, 5.41) is 3.57. The van der Waals surface area contributed by atoms with Gasteiger partial charge < -0.3 is 5.32 Å². The molecular weight excluding hydrogens is 278 g/mol. The molecule has 1 aliphatic carbocycles. The van der Waals surface area contributed by atoms with Gasteiger partial charge in [0.05, 0.1) is 0 Å². The van der Waals surface area contributed by atoms with Crippen LogP contribution in [0.4, 0.5) is 0 Å². The summed E-state index contributed by atoms with van der Waals surface area (Å²) in [6, 6.07) is 17.7. The van der Waals surface area contributed by atoms with Gasteiger partial charge in [0.25, 0.3) is 0 Å². The lowest BCUT2D eigenvalue weighted by atomic mass is 9.84. The SMILES string of the molecule is CCCCNCCCC1c2ccccc2C=Cc2ccccc21. The Bertz CT molecular complexity index is 607. The topological polar surface area (TPSA) is 12.0 Å². The predicted molar refractivity (Wildman–Crippen MR) is 101 cm³/mol. The molecule has 0 saturated heterocycles. The zero-order valence-electron chi connectivity index (χ0n) is 14.1. The van der Waals surface area contributed by atoms with E-state index in [-0.39, 0.29) is 0 Å². The molecule has 0 fully saturated rings. The van der Waals surface area contributed by atoms with Crippen LogP contribution in [0.3, 0.4) is 0 Å². The molecule has 0 heterocycles. The van der Waals surface area contributed by atoms with Crippen LogP contribution in [-0.2, 0) is 0 Å². The van der Waals surface area contributed by atoms with Gasteiger partial charge in [0.1, 0.15) is 0 Å². The Labute approximate surface area is 140 Å². The minimum atomic E-state index is 0.505. The van der Waals surface area contributed by atoms with Crippen LogP contribution in [0.2, 0.25) is 0 Å². The van der Waals surface area contributed by atoms with Gasteiger partial charge in [-0.05, 0) is 54.6 Å². The molecule has 0 atom stereocenters. The Kier molecular flexibility index (Phi) is 5.65. The van der Waals surface area contributed by atoms with E-state index in [0.29, 0.717) is 5.92 Å². The second kappa shape index (κ2) is 8.12. The van der Waals surface area contributed by atoms with Gasteiger partial charge in [-0.1, -0.05) is 74.0 Å². The first-order valence-corrected chi connectivity index (χ1v) is 8.97. The van der Waals surface area contributed by atoms with Crippen LogP contribution in [0.15, 0.2) is 48.5 Å². The molecule has 3 rings (SSSR count). The van der Waals surface area contributed by atoms with E-state index in [0.717, 1.165) is 13.1 Å². The lowest BCUT2D eigenvalue weighted by molar-refractivity contribution is 0.578. The fraction of sp³-hybridized carbons (Fsp3) is 0.364. The summed E-state index contributed by atoms with van der Waals surface area (Å²) in [7, 11) is 0. The molecule has 0 amide bonds. The number of benzene rings is 2. The van der Waals surface area contributed by atoms with Crippen LogP contribution in [0, 0.1) is 0 Å². The fourth-order valence-electron chi connectivity index (χ4n) is 3.48. The number of hydrogen-bond donors (Lipinski definition) is 1. The maximum Gasteiger partial charge on any atom is 0.0102 e. The highest BCUT2D eigenvalue weighted by Gasteiger charge is 2.20. The van der Waals surface area contributed by atoms with Gasteiger partial charge in [-0.15, -0.1) is 0 Å². The van der Waals surface area contributed by atoms with Crippen molar-refractivity contribution in [1.29, 1.82) is 0 Å². The summed E-state index contributed by atoms with van der Waals surface area (Å²) in [6.45, 7) is 4.51. The standard InChI is InChI=1S/C22H27N/c1-2-3-16-23-17-8-13-22-20-11-6-4-9-18(20)14-15-19-10-5-7-12-21(19)22/h4-7,9-12,14-15,22-23H,2-3,8,13,16-17H2,1H3. The fourth-order valence-corrected chi connectivity index (χ4v) is 3.48. The maximum atomic E-state index is 3.57. The molecule has 0 aromatic heterocycles. The number of fused-ring (bicyclic) bond motifs is 2. The van der Waals surface area contributed by atoms with Crippen molar-refractivity contribution in [3.63, 3.8) is 0 Å². The first kappa shape index (κ1) is 16.0. The molecule has 0 aliphatic heterocycles. The largest absolute Gasteiger partial charge is 0.317 e. The smallest absolute Gasteiger partial charge is 0.0102 e. The highest BCUT2D eigenvalue weighted by Crippen LogP contribution is 2.37. The van der Waals surface area contributed by atoms with Crippen molar-refractivity contribution >= 4 is 12.2 Å². The Morgan fingerprint density at radius 2 is 1.35 bits per heavy atom. The Hall–Kier alpha value is -1.86. The van der Waals surface area contributed by atoms with Crippen molar-refractivity contribution in [1.82, 2.24) is 5.32 Å². The van der Waals surface area contributed by atoms with Gasteiger partial charge in [0, 0.05) is 5.92 Å². The van der Waals surface area contributed by atoms with Crippen molar-refractivity contribution in [3.8, 4) is 0 Å². The third-order valence-corrected chi connectivity index (χ3v) is 4.74. The monoisotopic (exact) mass is 305 g/mol. The zero-order valence-corrected chi connectivity index (χ0v) is 14.1. The van der Waals surface area contributed by atoms with E-state index < -0.39 is 0 Å². The Morgan fingerprint density at radius 1 is 0.783 bits per heavy atom. The van der Waals surface area contributed by atoms with E-state index in [4.69, 9.17) is 0 Å². The van der Waals surface area contributed by atoms with Crippen LogP contribution >= 0.6 is 0 Å². The molecule has 2 aromatic carbocycles. The van der Waals surface area contributed by atoms with E-state index >= 15 is 0 Å². The van der Waals surface area contributed by atoms with E-state index in [1.165, 1.54) is 47.9 Å². The number of unbranched alkanes of at least 4 members (excludes halogenated alkanes) is 1. The highest BCUT2D eigenvalue weighted by molar-refractivity contribution is 5.76. The minimum Gasteiger partial charge on any atom is -0.317 e. The van der Waals surface area contributed by atoms with Gasteiger partial charge >= 0.3 is 0 Å². The minimum absolute atomic E-state index is 0.505. The lowest BCUT2D eigenvalue weighted by Gasteiger charge is -2.20. The molecule has 23 heavy (non-hydrogen) atoms. The van der Waals surface area contributed by atoms with Crippen molar-refractivity contribution in [2.24, 2.45) is 0 Å². The van der Waals surface area contributed by atoms with Gasteiger partial charge in [-0.2, -0.15) is 0 Å². The predicted octanol–water partition coefficient (Wildman–Crippen LogP) is 5.47. The van der Waals surface area contributed by atoms with E-state index in [9.17, 15) is 0 Å². The quantitative estimate of drug-likeness (QED) is 0.669. The molecule has 120 valence electrons. The molecule has 1 nitrogen and oxygen atoms in total. The van der Waals surface area contributed by atoms with Crippen LogP contribution in [-0.4, -0.2) is 13.1 Å².